The summed E-state index contributed by atoms with van der Waals surface area (Å²) >= 11 is 0. The Kier molecular flexibility index (Phi) is 3.27. The first-order valence-electron chi connectivity index (χ1n) is 9.11. The summed E-state index contributed by atoms with van der Waals surface area (Å²) in [6, 6.07) is 0. The van der Waals surface area contributed by atoms with Crippen molar-refractivity contribution in [3.63, 3.8) is 0 Å². The average molecular weight is 359 g/mol. The second-order valence-electron chi connectivity index (χ2n) is 8.27. The normalized spacial score (nSPS) is 34.9. The van der Waals surface area contributed by atoms with Gasteiger partial charge in [0.05, 0.1) is 18.8 Å². The van der Waals surface area contributed by atoms with E-state index in [9.17, 15) is 4.39 Å². The van der Waals surface area contributed by atoms with Gasteiger partial charge in [-0.05, 0) is 62.5 Å². The highest BCUT2D eigenvalue weighted by Crippen LogP contribution is 2.60. The average Bonchev–Trinajstić information content (AvgIpc) is 3.02. The molecule has 4 bridgehead atoms. The molecule has 4 aliphatic rings. The number of anilines is 1. The van der Waals surface area contributed by atoms with E-state index in [0.29, 0.717) is 23.6 Å². The molecule has 6 rings (SSSR count). The van der Waals surface area contributed by atoms with E-state index in [1.54, 1.807) is 0 Å². The molecule has 2 aromatic heterocycles. The quantitative estimate of drug-likeness (QED) is 0.894. The lowest BCUT2D eigenvalue weighted by Gasteiger charge is -2.61. The van der Waals surface area contributed by atoms with Crippen molar-refractivity contribution in [3.8, 4) is 5.88 Å². The number of nitrogens with one attached hydrogen (secondary N) is 1. The Bertz CT molecular complexity index is 839. The highest BCUT2D eigenvalue weighted by atomic mass is 19.1. The largest absolute Gasteiger partial charge is 0.479 e. The summed E-state index contributed by atoms with van der Waals surface area (Å²) in [4.78, 5) is 10.2. The van der Waals surface area contributed by atoms with Gasteiger partial charge < -0.3 is 10.1 Å². The molecule has 9 heteroatoms. The van der Waals surface area contributed by atoms with Crippen molar-refractivity contribution in [2.75, 3.05) is 12.4 Å². The van der Waals surface area contributed by atoms with Crippen LogP contribution in [0.4, 0.5) is 10.3 Å². The maximum atomic E-state index is 13.6. The Morgan fingerprint density at radius 1 is 1.27 bits per heavy atom. The fraction of sp³-hybridized carbons (Fsp3) is 0.706. The maximum absolute atomic E-state index is 13.6. The van der Waals surface area contributed by atoms with E-state index >= 15 is 0 Å². The third-order valence-electron chi connectivity index (χ3n) is 6.25. The number of rotatable bonds is 4. The van der Waals surface area contributed by atoms with Gasteiger partial charge in [-0.15, -0.1) is 10.2 Å². The summed E-state index contributed by atoms with van der Waals surface area (Å²) in [5, 5.41) is 16.5. The number of tetrazole rings is 1. The highest BCUT2D eigenvalue weighted by Gasteiger charge is 2.60. The predicted molar refractivity (Wildman–Crippen MR) is 90.1 cm³/mol. The van der Waals surface area contributed by atoms with Crippen molar-refractivity contribution in [2.45, 2.75) is 56.5 Å². The number of nitrogens with zero attached hydrogens (tertiary/aromatic N) is 6. The molecule has 0 saturated heterocycles. The lowest BCUT2D eigenvalue weighted by Crippen LogP contribution is -2.63. The molecule has 0 radical (unpaired) electrons. The Morgan fingerprint density at radius 3 is 2.69 bits per heavy atom. The van der Waals surface area contributed by atoms with Crippen molar-refractivity contribution in [3.05, 3.63) is 17.8 Å². The van der Waals surface area contributed by atoms with Crippen LogP contribution in [0.5, 0.6) is 5.88 Å². The van der Waals surface area contributed by atoms with E-state index in [-0.39, 0.29) is 17.0 Å². The van der Waals surface area contributed by atoms with E-state index in [4.69, 9.17) is 4.74 Å². The molecular formula is C17H22FN7O. The van der Waals surface area contributed by atoms with Crippen molar-refractivity contribution >= 4 is 5.95 Å². The molecule has 1 N–H and O–H groups in total. The maximum Gasteiger partial charge on any atom is 0.255 e. The van der Waals surface area contributed by atoms with Crippen LogP contribution in [0.1, 0.15) is 44.3 Å². The number of hydrogen-bond donors (Lipinski definition) is 1. The molecule has 26 heavy (non-hydrogen) atoms. The van der Waals surface area contributed by atoms with Crippen LogP contribution < -0.4 is 10.1 Å². The van der Waals surface area contributed by atoms with E-state index < -0.39 is 5.82 Å². The van der Waals surface area contributed by atoms with Crippen molar-refractivity contribution < 1.29 is 9.13 Å². The second-order valence-corrected chi connectivity index (χ2v) is 8.27. The number of aromatic nitrogens is 6. The van der Waals surface area contributed by atoms with Gasteiger partial charge in [0.1, 0.15) is 0 Å². The molecule has 4 aliphatic carbocycles. The number of ether oxygens (including phenoxy) is 1. The number of halogens is 1. The molecule has 0 aliphatic heterocycles. The highest BCUT2D eigenvalue weighted by molar-refractivity contribution is 5.35. The minimum atomic E-state index is -0.553. The van der Waals surface area contributed by atoms with Gasteiger partial charge in [0.2, 0.25) is 11.8 Å². The van der Waals surface area contributed by atoms with Gasteiger partial charge in [-0.1, -0.05) is 0 Å². The topological polar surface area (TPSA) is 90.6 Å². The van der Waals surface area contributed by atoms with Gasteiger partial charge in [0.25, 0.3) is 5.88 Å². The molecule has 2 heterocycles. The molecule has 2 atom stereocenters. The summed E-state index contributed by atoms with van der Waals surface area (Å²) in [5.41, 5.74) is -0.211. The van der Waals surface area contributed by atoms with Crippen LogP contribution in [0.25, 0.3) is 0 Å². The molecule has 138 valence electrons. The van der Waals surface area contributed by atoms with Gasteiger partial charge in [0.15, 0.2) is 5.82 Å². The van der Waals surface area contributed by atoms with E-state index in [1.165, 1.54) is 13.5 Å². The smallest absolute Gasteiger partial charge is 0.255 e. The van der Waals surface area contributed by atoms with Gasteiger partial charge >= 0.3 is 0 Å². The molecular weight excluding hydrogens is 337 g/mol. The lowest BCUT2D eigenvalue weighted by atomic mass is 9.50. The van der Waals surface area contributed by atoms with Crippen molar-refractivity contribution in [2.24, 2.45) is 11.8 Å². The molecule has 0 amide bonds. The van der Waals surface area contributed by atoms with Crippen LogP contribution in [-0.2, 0) is 5.54 Å². The number of methoxy groups -OCH3 is 1. The predicted octanol–water partition coefficient (Wildman–Crippen LogP) is 2.08. The lowest BCUT2D eigenvalue weighted by molar-refractivity contribution is -0.0636. The Hall–Kier alpha value is -2.32. The zero-order valence-electron chi connectivity index (χ0n) is 14.9. The number of aryl methyl sites for hydroxylation is 1. The molecule has 4 saturated carbocycles. The Labute approximate surface area is 150 Å². The van der Waals surface area contributed by atoms with Crippen LogP contribution in [0, 0.1) is 24.6 Å². The van der Waals surface area contributed by atoms with Crippen molar-refractivity contribution in [1.29, 1.82) is 0 Å². The van der Waals surface area contributed by atoms with Gasteiger partial charge in [-0.2, -0.15) is 14.2 Å². The fourth-order valence-corrected chi connectivity index (χ4v) is 5.87. The van der Waals surface area contributed by atoms with E-state index in [2.05, 4.69) is 30.7 Å². The molecule has 2 aromatic rings. The molecule has 4 fully saturated rings. The monoisotopic (exact) mass is 359 g/mol. The van der Waals surface area contributed by atoms with Crippen LogP contribution in [-0.4, -0.2) is 42.8 Å². The summed E-state index contributed by atoms with van der Waals surface area (Å²) in [6.07, 6.45) is 7.65. The first-order valence-corrected chi connectivity index (χ1v) is 9.11. The van der Waals surface area contributed by atoms with Gasteiger partial charge in [-0.3, -0.25) is 0 Å². The SMILES string of the molecule is COc1nc(NC23CC4CC(C2)CC(n2nnc(C)n2)(C4)C3)ncc1F. The minimum absolute atomic E-state index is 0.0319. The summed E-state index contributed by atoms with van der Waals surface area (Å²) in [6.45, 7) is 1.87. The summed E-state index contributed by atoms with van der Waals surface area (Å²) in [7, 11) is 1.41. The van der Waals surface area contributed by atoms with Gasteiger partial charge in [-0.25, -0.2) is 4.98 Å². The third kappa shape index (κ3) is 2.36. The number of hydrogen-bond acceptors (Lipinski definition) is 7. The van der Waals surface area contributed by atoms with Crippen LogP contribution >= 0.6 is 0 Å². The standard InChI is InChI=1S/C17H22FN7O/c1-10-22-24-25(23-10)17-6-11-3-12(7-17)5-16(4-11,9-17)21-15-19-8-13(18)14(20-15)26-2/h8,11-12H,3-7,9H2,1-2H3,(H,19,20,21). The molecule has 2 unspecified atom stereocenters. The third-order valence-corrected chi connectivity index (χ3v) is 6.25. The van der Waals surface area contributed by atoms with Gasteiger partial charge in [0, 0.05) is 5.54 Å². The Balaban J connectivity index is 1.49. The molecule has 0 spiro atoms. The summed E-state index contributed by atoms with van der Waals surface area (Å²) in [5.74, 6) is 1.78. The zero-order chi connectivity index (χ0) is 17.9. The van der Waals surface area contributed by atoms with Crippen LogP contribution in [0.2, 0.25) is 0 Å². The first kappa shape index (κ1) is 15.9. The zero-order valence-corrected chi connectivity index (χ0v) is 14.9. The summed E-state index contributed by atoms with van der Waals surface area (Å²) < 4.78 is 18.6. The first-order chi connectivity index (χ1) is 12.5. The van der Waals surface area contributed by atoms with Crippen LogP contribution in [0.15, 0.2) is 6.20 Å². The molecule has 8 nitrogen and oxygen atoms in total. The minimum Gasteiger partial charge on any atom is -0.479 e. The Morgan fingerprint density at radius 2 is 2.04 bits per heavy atom. The molecule has 0 aromatic carbocycles. The van der Waals surface area contributed by atoms with Crippen LogP contribution in [0.3, 0.4) is 0 Å². The van der Waals surface area contributed by atoms with E-state index in [1.807, 2.05) is 11.7 Å². The fourth-order valence-electron chi connectivity index (χ4n) is 5.87. The van der Waals surface area contributed by atoms with Crippen molar-refractivity contribution in [1.82, 2.24) is 30.2 Å². The second kappa shape index (κ2) is 5.34. The van der Waals surface area contributed by atoms with E-state index in [0.717, 1.165) is 38.3 Å².